The van der Waals surface area contributed by atoms with Crippen LogP contribution in [-0.4, -0.2) is 0 Å². The van der Waals surface area contributed by atoms with Gasteiger partial charge < -0.3 is 5.32 Å². The van der Waals surface area contributed by atoms with Gasteiger partial charge in [0.05, 0.1) is 10.6 Å². The summed E-state index contributed by atoms with van der Waals surface area (Å²) in [4.78, 5) is 0. The van der Waals surface area contributed by atoms with Crippen LogP contribution in [0, 0.1) is 5.82 Å². The fourth-order valence-corrected chi connectivity index (χ4v) is 2.25. The van der Waals surface area contributed by atoms with Gasteiger partial charge in [-0.25, -0.2) is 4.39 Å². The van der Waals surface area contributed by atoms with E-state index >= 15 is 0 Å². The molecule has 0 fully saturated rings. The predicted molar refractivity (Wildman–Crippen MR) is 77.9 cm³/mol. The predicted octanol–water partition coefficient (Wildman–Crippen LogP) is 5.87. The SMILES string of the molecule is Fc1ccc(NCc2ccc(Cl)c(Br)c2)cc1C(F)(F)F. The Morgan fingerprint density at radius 1 is 1.10 bits per heavy atom. The van der Waals surface area contributed by atoms with Crippen LogP contribution in [0.3, 0.4) is 0 Å². The third-order valence-corrected chi connectivity index (χ3v) is 3.97. The highest BCUT2D eigenvalue weighted by Crippen LogP contribution is 2.33. The van der Waals surface area contributed by atoms with Crippen LogP contribution in [0.15, 0.2) is 40.9 Å². The molecule has 0 unspecified atom stereocenters. The van der Waals surface area contributed by atoms with Gasteiger partial charge in [-0.1, -0.05) is 17.7 Å². The smallest absolute Gasteiger partial charge is 0.381 e. The lowest BCUT2D eigenvalue weighted by Gasteiger charge is -2.12. The fraction of sp³-hybridized carbons (Fsp3) is 0.143. The first-order chi connectivity index (χ1) is 9.77. The number of hydrogen-bond acceptors (Lipinski definition) is 1. The number of halogens is 6. The summed E-state index contributed by atoms with van der Waals surface area (Å²) in [7, 11) is 0. The second-order valence-electron chi connectivity index (χ2n) is 4.29. The van der Waals surface area contributed by atoms with E-state index in [1.54, 1.807) is 18.2 Å². The van der Waals surface area contributed by atoms with E-state index in [-0.39, 0.29) is 5.69 Å². The molecular formula is C14H9BrClF4N. The van der Waals surface area contributed by atoms with Gasteiger partial charge in [0.1, 0.15) is 5.82 Å². The molecule has 2 aromatic carbocycles. The van der Waals surface area contributed by atoms with E-state index in [9.17, 15) is 17.6 Å². The Hall–Kier alpha value is -1.27. The van der Waals surface area contributed by atoms with Crippen LogP contribution in [-0.2, 0) is 12.7 Å². The Kier molecular flexibility index (Phi) is 4.78. The summed E-state index contributed by atoms with van der Waals surface area (Å²) in [6.45, 7) is 0.290. The van der Waals surface area contributed by atoms with E-state index in [2.05, 4.69) is 21.2 Å². The summed E-state index contributed by atoms with van der Waals surface area (Å²) in [6.07, 6.45) is -4.72. The molecule has 1 N–H and O–H groups in total. The van der Waals surface area contributed by atoms with Crippen molar-refractivity contribution in [3.63, 3.8) is 0 Å². The number of anilines is 1. The van der Waals surface area contributed by atoms with Crippen molar-refractivity contribution in [2.75, 3.05) is 5.32 Å². The van der Waals surface area contributed by atoms with Crippen molar-refractivity contribution < 1.29 is 17.6 Å². The van der Waals surface area contributed by atoms with Crippen LogP contribution in [0.2, 0.25) is 5.02 Å². The summed E-state index contributed by atoms with van der Waals surface area (Å²) in [5.41, 5.74) is -0.274. The summed E-state index contributed by atoms with van der Waals surface area (Å²) >= 11 is 9.11. The van der Waals surface area contributed by atoms with Crippen molar-refractivity contribution >= 4 is 33.2 Å². The summed E-state index contributed by atoms with van der Waals surface area (Å²) in [6, 6.07) is 7.98. The molecule has 0 aromatic heterocycles. The van der Waals surface area contributed by atoms with Gasteiger partial charge in [0.15, 0.2) is 0 Å². The van der Waals surface area contributed by atoms with Crippen LogP contribution in [0.25, 0.3) is 0 Å². The molecule has 0 saturated heterocycles. The lowest BCUT2D eigenvalue weighted by atomic mass is 10.1. The monoisotopic (exact) mass is 381 g/mol. The quantitative estimate of drug-likeness (QED) is 0.654. The van der Waals surface area contributed by atoms with Gasteiger partial charge in [0.25, 0.3) is 0 Å². The fourth-order valence-electron chi connectivity index (χ4n) is 1.71. The minimum atomic E-state index is -4.72. The molecule has 7 heteroatoms. The Labute approximate surface area is 132 Å². The molecular weight excluding hydrogens is 374 g/mol. The van der Waals surface area contributed by atoms with Crippen LogP contribution >= 0.6 is 27.5 Å². The average molecular weight is 383 g/mol. The normalized spacial score (nSPS) is 11.5. The van der Waals surface area contributed by atoms with E-state index in [0.717, 1.165) is 17.7 Å². The van der Waals surface area contributed by atoms with Crippen LogP contribution in [0.5, 0.6) is 0 Å². The van der Waals surface area contributed by atoms with Crippen molar-refractivity contribution in [2.24, 2.45) is 0 Å². The topological polar surface area (TPSA) is 12.0 Å². The zero-order valence-corrected chi connectivity index (χ0v) is 12.8. The molecule has 0 spiro atoms. The maximum Gasteiger partial charge on any atom is 0.419 e. The van der Waals surface area contributed by atoms with E-state index in [1.165, 1.54) is 6.07 Å². The first-order valence-corrected chi connectivity index (χ1v) is 6.99. The zero-order chi connectivity index (χ0) is 15.6. The molecule has 21 heavy (non-hydrogen) atoms. The highest BCUT2D eigenvalue weighted by atomic mass is 79.9. The summed E-state index contributed by atoms with van der Waals surface area (Å²) in [5, 5.41) is 3.36. The molecule has 112 valence electrons. The standard InChI is InChI=1S/C14H9BrClF4N/c15-11-5-8(1-3-12(11)16)7-21-9-2-4-13(17)10(6-9)14(18,19)20/h1-6,21H,7H2. The number of rotatable bonds is 3. The molecule has 0 atom stereocenters. The summed E-state index contributed by atoms with van der Waals surface area (Å²) in [5.74, 6) is -1.29. The van der Waals surface area contributed by atoms with Gasteiger partial charge in [0.2, 0.25) is 0 Å². The van der Waals surface area contributed by atoms with E-state index in [0.29, 0.717) is 16.0 Å². The lowest BCUT2D eigenvalue weighted by Crippen LogP contribution is -2.09. The Morgan fingerprint density at radius 3 is 2.43 bits per heavy atom. The Balaban J connectivity index is 2.15. The highest BCUT2D eigenvalue weighted by molar-refractivity contribution is 9.10. The van der Waals surface area contributed by atoms with Crippen LogP contribution < -0.4 is 5.32 Å². The van der Waals surface area contributed by atoms with Gasteiger partial charge >= 0.3 is 6.18 Å². The van der Waals surface area contributed by atoms with E-state index in [4.69, 9.17) is 11.6 Å². The Morgan fingerprint density at radius 2 is 1.81 bits per heavy atom. The first kappa shape index (κ1) is 16.1. The molecule has 0 aliphatic rings. The number of alkyl halides is 3. The molecule has 0 saturated carbocycles. The molecule has 1 nitrogen and oxygen atoms in total. The third-order valence-electron chi connectivity index (χ3n) is 2.75. The third kappa shape index (κ3) is 4.11. The molecule has 0 aliphatic heterocycles. The summed E-state index contributed by atoms with van der Waals surface area (Å²) < 4.78 is 51.7. The van der Waals surface area contributed by atoms with Gasteiger partial charge in [-0.05, 0) is 51.8 Å². The minimum Gasteiger partial charge on any atom is -0.381 e. The second kappa shape index (κ2) is 6.23. The zero-order valence-electron chi connectivity index (χ0n) is 10.4. The number of nitrogens with one attached hydrogen (secondary N) is 1. The second-order valence-corrected chi connectivity index (χ2v) is 5.56. The lowest BCUT2D eigenvalue weighted by molar-refractivity contribution is -0.139. The van der Waals surface area contributed by atoms with Crippen molar-refractivity contribution in [3.05, 3.63) is 62.8 Å². The van der Waals surface area contributed by atoms with E-state index < -0.39 is 17.6 Å². The van der Waals surface area contributed by atoms with Crippen LogP contribution in [0.4, 0.5) is 23.2 Å². The minimum absolute atomic E-state index is 0.190. The molecule has 2 aromatic rings. The molecule has 0 radical (unpaired) electrons. The molecule has 0 heterocycles. The molecule has 2 rings (SSSR count). The van der Waals surface area contributed by atoms with Crippen molar-refractivity contribution in [3.8, 4) is 0 Å². The van der Waals surface area contributed by atoms with Crippen molar-refractivity contribution in [1.29, 1.82) is 0 Å². The maximum atomic E-state index is 13.2. The first-order valence-electron chi connectivity index (χ1n) is 5.82. The highest BCUT2D eigenvalue weighted by Gasteiger charge is 2.34. The number of hydrogen-bond donors (Lipinski definition) is 1. The Bertz CT molecular complexity index is 658. The van der Waals surface area contributed by atoms with Crippen LogP contribution in [0.1, 0.15) is 11.1 Å². The number of benzene rings is 2. The molecule has 0 amide bonds. The molecule has 0 aliphatic carbocycles. The van der Waals surface area contributed by atoms with Gasteiger partial charge in [-0.3, -0.25) is 0 Å². The van der Waals surface area contributed by atoms with Gasteiger partial charge in [-0.15, -0.1) is 0 Å². The molecule has 0 bridgehead atoms. The average Bonchev–Trinajstić information content (AvgIpc) is 2.40. The van der Waals surface area contributed by atoms with E-state index in [1.807, 2.05) is 0 Å². The van der Waals surface area contributed by atoms with Gasteiger partial charge in [-0.2, -0.15) is 13.2 Å². The van der Waals surface area contributed by atoms with Crippen molar-refractivity contribution in [1.82, 2.24) is 0 Å². The maximum absolute atomic E-state index is 13.2. The van der Waals surface area contributed by atoms with Gasteiger partial charge in [0, 0.05) is 16.7 Å². The largest absolute Gasteiger partial charge is 0.419 e. The van der Waals surface area contributed by atoms with Crippen molar-refractivity contribution in [2.45, 2.75) is 12.7 Å².